The van der Waals surface area contributed by atoms with E-state index < -0.39 is 10.0 Å². The molecule has 0 amide bonds. The van der Waals surface area contributed by atoms with Gasteiger partial charge in [-0.05, 0) is 26.0 Å². The van der Waals surface area contributed by atoms with Gasteiger partial charge in [0.15, 0.2) is 0 Å². The second kappa shape index (κ2) is 6.83. The summed E-state index contributed by atoms with van der Waals surface area (Å²) in [4.78, 5) is 4.25. The van der Waals surface area contributed by atoms with Crippen molar-refractivity contribution in [3.8, 4) is 0 Å². The first-order valence-electron chi connectivity index (χ1n) is 6.08. The van der Waals surface area contributed by atoms with Gasteiger partial charge in [0.2, 0.25) is 10.0 Å². The van der Waals surface area contributed by atoms with Gasteiger partial charge in [-0.1, -0.05) is 0 Å². The molecule has 0 fully saturated rings. The number of ether oxygens (including phenoxy) is 1. The highest BCUT2D eigenvalue weighted by atomic mass is 32.2. The molecule has 19 heavy (non-hydrogen) atoms. The number of sulfonamides is 1. The van der Waals surface area contributed by atoms with Crippen molar-refractivity contribution in [1.29, 1.82) is 0 Å². The molecule has 0 radical (unpaired) electrons. The SMILES string of the molecule is CC(C)OCCNc1ccc(S(=O)(=O)N(C)C)cn1. The number of nitrogens with one attached hydrogen (secondary N) is 1. The lowest BCUT2D eigenvalue weighted by Crippen LogP contribution is -2.22. The smallest absolute Gasteiger partial charge is 0.244 e. The van der Waals surface area contributed by atoms with Crippen LogP contribution in [0.2, 0.25) is 0 Å². The van der Waals surface area contributed by atoms with Crippen molar-refractivity contribution in [3.63, 3.8) is 0 Å². The average Bonchev–Trinajstić information content (AvgIpc) is 2.35. The molecule has 108 valence electrons. The summed E-state index contributed by atoms with van der Waals surface area (Å²) in [6.45, 7) is 5.15. The van der Waals surface area contributed by atoms with Gasteiger partial charge in [-0.15, -0.1) is 0 Å². The average molecular weight is 287 g/mol. The first-order chi connectivity index (χ1) is 8.84. The number of anilines is 1. The third-order valence-corrected chi connectivity index (χ3v) is 4.17. The van der Waals surface area contributed by atoms with Crippen molar-refractivity contribution in [3.05, 3.63) is 18.3 Å². The molecule has 0 unspecified atom stereocenters. The second-order valence-corrected chi connectivity index (χ2v) is 6.66. The first kappa shape index (κ1) is 15.9. The topological polar surface area (TPSA) is 71.5 Å². The highest BCUT2D eigenvalue weighted by molar-refractivity contribution is 7.89. The lowest BCUT2D eigenvalue weighted by atomic mass is 10.4. The molecule has 0 saturated carbocycles. The molecule has 1 N–H and O–H groups in total. The zero-order valence-corrected chi connectivity index (χ0v) is 12.6. The van der Waals surface area contributed by atoms with E-state index in [9.17, 15) is 8.42 Å². The van der Waals surface area contributed by atoms with Gasteiger partial charge in [0.25, 0.3) is 0 Å². The quantitative estimate of drug-likeness (QED) is 0.762. The minimum absolute atomic E-state index is 0.182. The van der Waals surface area contributed by atoms with E-state index in [-0.39, 0.29) is 11.0 Å². The van der Waals surface area contributed by atoms with Crippen LogP contribution in [-0.2, 0) is 14.8 Å². The molecular formula is C12H21N3O3S. The molecule has 0 aliphatic carbocycles. The van der Waals surface area contributed by atoms with E-state index in [1.165, 1.54) is 26.4 Å². The Balaban J connectivity index is 2.58. The molecule has 1 aromatic rings. The molecule has 1 heterocycles. The Morgan fingerprint density at radius 1 is 1.37 bits per heavy atom. The molecule has 0 atom stereocenters. The van der Waals surface area contributed by atoms with E-state index in [1.807, 2.05) is 13.8 Å². The highest BCUT2D eigenvalue weighted by Gasteiger charge is 2.17. The fraction of sp³-hybridized carbons (Fsp3) is 0.583. The molecule has 7 heteroatoms. The van der Waals surface area contributed by atoms with Crippen molar-refractivity contribution in [2.75, 3.05) is 32.6 Å². The van der Waals surface area contributed by atoms with Crippen LogP contribution >= 0.6 is 0 Å². The van der Waals surface area contributed by atoms with E-state index in [2.05, 4.69) is 10.3 Å². The maximum Gasteiger partial charge on any atom is 0.244 e. The van der Waals surface area contributed by atoms with E-state index in [0.717, 1.165) is 4.31 Å². The summed E-state index contributed by atoms with van der Waals surface area (Å²) < 4.78 is 30.2. The number of aromatic nitrogens is 1. The lowest BCUT2D eigenvalue weighted by Gasteiger charge is -2.12. The molecule has 0 bridgehead atoms. The van der Waals surface area contributed by atoms with E-state index in [0.29, 0.717) is 19.0 Å². The van der Waals surface area contributed by atoms with Gasteiger partial charge >= 0.3 is 0 Å². The van der Waals surface area contributed by atoms with Gasteiger partial charge in [0, 0.05) is 26.8 Å². The second-order valence-electron chi connectivity index (χ2n) is 4.51. The monoisotopic (exact) mass is 287 g/mol. The standard InChI is InChI=1S/C12H21N3O3S/c1-10(2)18-8-7-13-12-6-5-11(9-14-12)19(16,17)15(3)4/h5-6,9-10H,7-8H2,1-4H3,(H,13,14). The molecule has 0 saturated heterocycles. The summed E-state index contributed by atoms with van der Waals surface area (Å²) in [6.07, 6.45) is 1.54. The summed E-state index contributed by atoms with van der Waals surface area (Å²) in [6, 6.07) is 3.18. The Bertz CT molecular complexity index is 483. The van der Waals surface area contributed by atoms with Crippen LogP contribution in [0.25, 0.3) is 0 Å². The molecule has 1 aromatic heterocycles. The van der Waals surface area contributed by atoms with Crippen LogP contribution in [0.5, 0.6) is 0 Å². The van der Waals surface area contributed by atoms with Crippen LogP contribution in [0.15, 0.2) is 23.2 Å². The fourth-order valence-corrected chi connectivity index (χ4v) is 2.17. The van der Waals surface area contributed by atoms with Crippen LogP contribution in [0.1, 0.15) is 13.8 Å². The summed E-state index contributed by atoms with van der Waals surface area (Å²) >= 11 is 0. The van der Waals surface area contributed by atoms with Crippen molar-refractivity contribution in [2.24, 2.45) is 0 Å². The molecular weight excluding hydrogens is 266 g/mol. The zero-order valence-electron chi connectivity index (χ0n) is 11.8. The Labute approximate surface area is 114 Å². The van der Waals surface area contributed by atoms with Crippen molar-refractivity contribution in [2.45, 2.75) is 24.8 Å². The largest absolute Gasteiger partial charge is 0.377 e. The summed E-state index contributed by atoms with van der Waals surface area (Å²) in [7, 11) is -0.430. The molecule has 0 spiro atoms. The normalized spacial score (nSPS) is 12.1. The van der Waals surface area contributed by atoms with Gasteiger partial charge in [-0.25, -0.2) is 17.7 Å². The van der Waals surface area contributed by atoms with E-state index >= 15 is 0 Å². The number of pyridine rings is 1. The van der Waals surface area contributed by atoms with E-state index in [1.54, 1.807) is 6.07 Å². The van der Waals surface area contributed by atoms with Crippen LogP contribution < -0.4 is 5.32 Å². The minimum atomic E-state index is -3.41. The minimum Gasteiger partial charge on any atom is -0.377 e. The van der Waals surface area contributed by atoms with Gasteiger partial charge in [0.05, 0.1) is 12.7 Å². The maximum atomic E-state index is 11.8. The maximum absolute atomic E-state index is 11.8. The summed E-state index contributed by atoms with van der Waals surface area (Å²) in [5, 5.41) is 3.06. The summed E-state index contributed by atoms with van der Waals surface area (Å²) in [5.74, 6) is 0.630. The third kappa shape index (κ3) is 4.77. The number of hydrogen-bond donors (Lipinski definition) is 1. The highest BCUT2D eigenvalue weighted by Crippen LogP contribution is 2.13. The van der Waals surface area contributed by atoms with Gasteiger partial charge < -0.3 is 10.1 Å². The van der Waals surface area contributed by atoms with Crippen molar-refractivity contribution < 1.29 is 13.2 Å². The predicted molar refractivity (Wildman–Crippen MR) is 74.7 cm³/mol. The number of nitrogens with zero attached hydrogens (tertiary/aromatic N) is 2. The van der Waals surface area contributed by atoms with Crippen molar-refractivity contribution in [1.82, 2.24) is 9.29 Å². The molecule has 0 aliphatic heterocycles. The van der Waals surface area contributed by atoms with Crippen LogP contribution in [0.4, 0.5) is 5.82 Å². The molecule has 0 aliphatic rings. The Hall–Kier alpha value is -1.18. The Kier molecular flexibility index (Phi) is 5.71. The Morgan fingerprint density at radius 3 is 2.53 bits per heavy atom. The summed E-state index contributed by atoms with van der Waals surface area (Å²) in [5.41, 5.74) is 0. The van der Waals surface area contributed by atoms with Crippen molar-refractivity contribution >= 4 is 15.8 Å². The van der Waals surface area contributed by atoms with E-state index in [4.69, 9.17) is 4.74 Å². The first-order valence-corrected chi connectivity index (χ1v) is 7.52. The Morgan fingerprint density at radius 2 is 2.05 bits per heavy atom. The predicted octanol–water partition coefficient (Wildman–Crippen LogP) is 1.17. The fourth-order valence-electron chi connectivity index (χ4n) is 1.32. The van der Waals surface area contributed by atoms with Crippen LogP contribution in [-0.4, -0.2) is 51.1 Å². The zero-order chi connectivity index (χ0) is 14.5. The molecule has 0 aromatic carbocycles. The lowest BCUT2D eigenvalue weighted by molar-refractivity contribution is 0.0870. The molecule has 6 nitrogen and oxygen atoms in total. The van der Waals surface area contributed by atoms with Gasteiger partial charge in [0.1, 0.15) is 10.7 Å². The number of hydrogen-bond acceptors (Lipinski definition) is 5. The molecule has 1 rings (SSSR count). The third-order valence-electron chi connectivity index (χ3n) is 2.37. The van der Waals surface area contributed by atoms with Gasteiger partial charge in [-0.2, -0.15) is 0 Å². The van der Waals surface area contributed by atoms with Crippen LogP contribution in [0.3, 0.4) is 0 Å². The van der Waals surface area contributed by atoms with Crippen LogP contribution in [0, 0.1) is 0 Å². The number of rotatable bonds is 7. The van der Waals surface area contributed by atoms with Gasteiger partial charge in [-0.3, -0.25) is 0 Å².